The van der Waals surface area contributed by atoms with E-state index in [4.69, 9.17) is 30.9 Å². The van der Waals surface area contributed by atoms with Gasteiger partial charge in [-0.2, -0.15) is 0 Å². The number of nitrogens with one attached hydrogen (secondary N) is 2. The Morgan fingerprint density at radius 2 is 1.56 bits per heavy atom. The Morgan fingerprint density at radius 1 is 1.11 bits per heavy atom. The fraction of sp³-hybridized carbons (Fsp3) is 0.800. The Morgan fingerprint density at radius 3 is 2.00 bits per heavy atom. The third kappa shape index (κ3) is 5.83. The molecule has 0 atom stereocenters. The van der Waals surface area contributed by atoms with E-state index in [1.165, 1.54) is 38.5 Å². The number of rotatable bonds is 3. The third-order valence-corrected chi connectivity index (χ3v) is 6.68. The molecule has 0 unspecified atom stereocenters. The molecule has 4 bridgehead atoms. The third-order valence-electron chi connectivity index (χ3n) is 5.46. The molecule has 4 aliphatic carbocycles. The van der Waals surface area contributed by atoms with E-state index in [2.05, 4.69) is 20.8 Å². The molecular weight excluding hydrogens is 414 g/mol. The van der Waals surface area contributed by atoms with E-state index in [-0.39, 0.29) is 5.54 Å². The van der Waals surface area contributed by atoms with E-state index in [1.54, 1.807) is 11.3 Å². The summed E-state index contributed by atoms with van der Waals surface area (Å²) in [5, 5.41) is 17.8. The number of hydrogen-bond donors (Lipinski definition) is 5. The zero-order valence-corrected chi connectivity index (χ0v) is 17.6. The molecule has 4 fully saturated rings. The standard InChI is InChI=1S/C15H23N5S2.ClH3O4/c1-20(2)14(21)16-12-18-19-13(22-12)17-15-6-9-3-10(7-15)5-11(4-9)8-15;2-1(3,4)5/h9-11H,3-8H2,1-2H3,(H,17,19)(H,16,18,21);2-4H. The van der Waals surface area contributed by atoms with Gasteiger partial charge in [0.15, 0.2) is 5.11 Å². The molecule has 4 saturated carbocycles. The fourth-order valence-electron chi connectivity index (χ4n) is 5.02. The van der Waals surface area contributed by atoms with Gasteiger partial charge in [-0.1, -0.05) is 11.3 Å². The monoisotopic (exact) mass is 439 g/mol. The van der Waals surface area contributed by atoms with Crippen LogP contribution in [0.15, 0.2) is 0 Å². The molecule has 1 aromatic rings. The van der Waals surface area contributed by atoms with Crippen LogP contribution in [0.5, 0.6) is 0 Å². The molecule has 12 heteroatoms. The summed E-state index contributed by atoms with van der Waals surface area (Å²) in [5.74, 6) is 2.81. The number of hydrogen-bond acceptors (Lipinski definition) is 9. The molecule has 0 radical (unpaired) electrons. The molecule has 0 aromatic carbocycles. The second-order valence-corrected chi connectivity index (χ2v) is 10.2. The van der Waals surface area contributed by atoms with Crippen LogP contribution in [0.3, 0.4) is 0 Å². The van der Waals surface area contributed by atoms with Crippen LogP contribution in [0.25, 0.3) is 0 Å². The van der Waals surface area contributed by atoms with Gasteiger partial charge in [-0.05, 0) is 68.5 Å². The summed E-state index contributed by atoms with van der Waals surface area (Å²) in [6.07, 6.45) is 8.33. The van der Waals surface area contributed by atoms with Crippen molar-refractivity contribution in [1.29, 1.82) is 0 Å². The summed E-state index contributed by atoms with van der Waals surface area (Å²) < 4.78 is 30.2. The van der Waals surface area contributed by atoms with Crippen molar-refractivity contribution < 1.29 is 28.9 Å². The summed E-state index contributed by atoms with van der Waals surface area (Å²) in [7, 11) is -0.351. The van der Waals surface area contributed by atoms with Gasteiger partial charge in [0, 0.05) is 19.6 Å². The van der Waals surface area contributed by atoms with Crippen molar-refractivity contribution in [3.63, 3.8) is 0 Å². The molecule has 0 aliphatic heterocycles. The van der Waals surface area contributed by atoms with Crippen LogP contribution in [-0.4, -0.2) is 53.8 Å². The summed E-state index contributed by atoms with van der Waals surface area (Å²) in [4.78, 5) is 1.86. The van der Waals surface area contributed by atoms with Crippen molar-refractivity contribution in [3.8, 4) is 0 Å². The fourth-order valence-corrected chi connectivity index (χ4v) is 5.94. The van der Waals surface area contributed by atoms with E-state index in [1.807, 2.05) is 19.0 Å². The maximum absolute atomic E-state index is 8.83. The van der Waals surface area contributed by atoms with Gasteiger partial charge in [-0.25, -0.2) is 0 Å². The van der Waals surface area contributed by atoms with Gasteiger partial charge in [0.05, 0.1) is 0 Å². The van der Waals surface area contributed by atoms with E-state index < -0.39 is 10.2 Å². The second-order valence-electron chi connectivity index (χ2n) is 7.99. The number of thiocarbonyl (C=S) groups is 1. The summed E-state index contributed by atoms with van der Waals surface area (Å²) in [6.45, 7) is 0. The Balaban J connectivity index is 0.000000376. The zero-order chi connectivity index (χ0) is 19.8. The topological polar surface area (TPSA) is 137 Å². The summed E-state index contributed by atoms with van der Waals surface area (Å²) >= 11 is 6.82. The molecule has 154 valence electrons. The quantitative estimate of drug-likeness (QED) is 0.418. The molecule has 1 heterocycles. The van der Waals surface area contributed by atoms with Crippen LogP contribution in [0, 0.1) is 28.0 Å². The van der Waals surface area contributed by atoms with Crippen LogP contribution in [0.2, 0.25) is 0 Å². The summed E-state index contributed by atoms with van der Waals surface area (Å²) in [5.41, 5.74) is 0.285. The Kier molecular flexibility index (Phi) is 6.11. The van der Waals surface area contributed by atoms with Gasteiger partial charge in [0.25, 0.3) is 0 Å². The van der Waals surface area contributed by atoms with Gasteiger partial charge in [-0.3, -0.25) is 0 Å². The molecular formula is C15H26ClN5O4S2. The van der Waals surface area contributed by atoms with Gasteiger partial charge >= 0.3 is 28.9 Å². The summed E-state index contributed by atoms with van der Waals surface area (Å²) in [6, 6.07) is 0. The van der Waals surface area contributed by atoms with Gasteiger partial charge in [-0.15, -0.1) is 10.2 Å². The van der Waals surface area contributed by atoms with Crippen molar-refractivity contribution in [2.24, 2.45) is 17.8 Å². The van der Waals surface area contributed by atoms with Crippen molar-refractivity contribution in [3.05, 3.63) is 0 Å². The number of halogens is 1. The van der Waals surface area contributed by atoms with Crippen LogP contribution >= 0.6 is 23.6 Å². The average Bonchev–Trinajstić information content (AvgIpc) is 2.90. The normalized spacial score (nSPS) is 31.7. The predicted octanol–water partition coefficient (Wildman–Crippen LogP) is 0.317. The Bertz CT molecular complexity index is 640. The molecule has 4 aliphatic rings. The zero-order valence-electron chi connectivity index (χ0n) is 15.3. The van der Waals surface area contributed by atoms with Crippen molar-refractivity contribution in [1.82, 2.24) is 15.1 Å². The molecule has 0 spiro atoms. The Hall–Kier alpha value is -0.820. The number of nitrogens with zero attached hydrogens (tertiary/aromatic N) is 3. The molecule has 27 heavy (non-hydrogen) atoms. The first kappa shape index (κ1) is 20.9. The molecule has 0 amide bonds. The molecule has 5 N–H and O–H groups in total. The molecule has 1 aromatic heterocycles. The van der Waals surface area contributed by atoms with Gasteiger partial charge < -0.3 is 15.5 Å². The molecule has 9 nitrogen and oxygen atoms in total. The Labute approximate surface area is 169 Å². The van der Waals surface area contributed by atoms with E-state index in [0.29, 0.717) is 5.11 Å². The van der Waals surface area contributed by atoms with Gasteiger partial charge in [0.1, 0.15) is 0 Å². The first-order valence-corrected chi connectivity index (χ1v) is 11.3. The first-order valence-electron chi connectivity index (χ1n) is 8.77. The number of anilines is 2. The van der Waals surface area contributed by atoms with Crippen LogP contribution < -0.4 is 15.3 Å². The van der Waals surface area contributed by atoms with E-state index in [0.717, 1.165) is 28.0 Å². The predicted molar refractivity (Wildman–Crippen MR) is 101 cm³/mol. The SMILES string of the molecule is CN(C)C(=S)Nc1nnc(NC23CC4CC(CC(C4)C2)C3)s1.[O-][Cl+](O)(O)O. The van der Waals surface area contributed by atoms with E-state index >= 15 is 0 Å². The van der Waals surface area contributed by atoms with Crippen LogP contribution in [0.1, 0.15) is 38.5 Å². The van der Waals surface area contributed by atoms with E-state index in [9.17, 15) is 0 Å². The van der Waals surface area contributed by atoms with Crippen LogP contribution in [-0.2, 0) is 0 Å². The van der Waals surface area contributed by atoms with Gasteiger partial charge in [0.2, 0.25) is 10.3 Å². The number of aromatic nitrogens is 2. The van der Waals surface area contributed by atoms with Crippen molar-refractivity contribution in [2.45, 2.75) is 44.1 Å². The van der Waals surface area contributed by atoms with Crippen molar-refractivity contribution >= 4 is 38.9 Å². The average molecular weight is 440 g/mol. The minimum absolute atomic E-state index is 0.285. The second kappa shape index (κ2) is 7.90. The molecule has 5 rings (SSSR count). The van der Waals surface area contributed by atoms with Crippen molar-refractivity contribution in [2.75, 3.05) is 24.7 Å². The maximum atomic E-state index is 8.83. The first-order chi connectivity index (χ1) is 12.5. The molecule has 0 saturated heterocycles. The minimum atomic E-state index is -4.19. The van der Waals surface area contributed by atoms with Crippen LogP contribution in [0.4, 0.5) is 10.3 Å².